The fourth-order valence-electron chi connectivity index (χ4n) is 2.11. The number of hydrogen-bond acceptors (Lipinski definition) is 2. The van der Waals surface area contributed by atoms with Crippen molar-refractivity contribution in [2.45, 2.75) is 52.1 Å². The summed E-state index contributed by atoms with van der Waals surface area (Å²) in [5.74, 6) is 0.688. The van der Waals surface area contributed by atoms with E-state index in [1.165, 1.54) is 0 Å². The Kier molecular flexibility index (Phi) is 6.28. The smallest absolute Gasteiger partial charge is 0.222 e. The first-order valence-electron chi connectivity index (χ1n) is 6.60. The minimum Gasteiger partial charge on any atom is -0.378 e. The first-order valence-corrected chi connectivity index (χ1v) is 7.13. The molecule has 1 fully saturated rings. The molecule has 0 aromatic rings. The van der Waals surface area contributed by atoms with Gasteiger partial charge in [0.25, 0.3) is 0 Å². The van der Waals surface area contributed by atoms with E-state index in [-0.39, 0.29) is 17.4 Å². The number of rotatable bonds is 7. The highest BCUT2D eigenvalue weighted by Crippen LogP contribution is 2.27. The lowest BCUT2D eigenvalue weighted by atomic mass is 9.84. The Morgan fingerprint density at radius 1 is 1.47 bits per heavy atom. The molecule has 1 aliphatic heterocycles. The average molecular weight is 262 g/mol. The summed E-state index contributed by atoms with van der Waals surface area (Å²) >= 11 is 6.00. The molecular formula is C13H24ClNO2. The molecule has 17 heavy (non-hydrogen) atoms. The maximum absolute atomic E-state index is 11.8. The van der Waals surface area contributed by atoms with Crippen molar-refractivity contribution >= 4 is 17.5 Å². The van der Waals surface area contributed by atoms with Crippen LogP contribution in [0.2, 0.25) is 0 Å². The van der Waals surface area contributed by atoms with Gasteiger partial charge in [-0.15, -0.1) is 11.6 Å². The predicted octanol–water partition coefficient (Wildman–Crippen LogP) is 2.72. The highest BCUT2D eigenvalue weighted by molar-refractivity contribution is 6.18. The van der Waals surface area contributed by atoms with E-state index in [0.717, 1.165) is 32.3 Å². The molecule has 0 radical (unpaired) electrons. The lowest BCUT2D eigenvalue weighted by molar-refractivity contribution is -0.123. The van der Waals surface area contributed by atoms with Crippen molar-refractivity contribution in [1.82, 2.24) is 5.32 Å². The van der Waals surface area contributed by atoms with Gasteiger partial charge in [-0.25, -0.2) is 0 Å². The van der Waals surface area contributed by atoms with E-state index >= 15 is 0 Å². The van der Waals surface area contributed by atoms with Gasteiger partial charge in [0.15, 0.2) is 0 Å². The Labute approximate surface area is 109 Å². The molecule has 3 nitrogen and oxygen atoms in total. The van der Waals surface area contributed by atoms with Gasteiger partial charge in [0, 0.05) is 24.4 Å². The second kappa shape index (κ2) is 7.22. The summed E-state index contributed by atoms with van der Waals surface area (Å²) in [6.45, 7) is 5.72. The van der Waals surface area contributed by atoms with E-state index in [4.69, 9.17) is 16.3 Å². The standard InChI is InChI=1S/C13H24ClNO2/c1-3-13(4-2,9-14)10-15-12(16)8-11-6-5-7-17-11/h11H,3-10H2,1-2H3,(H,15,16). The molecule has 0 bridgehead atoms. The number of alkyl halides is 1. The summed E-state index contributed by atoms with van der Waals surface area (Å²) in [5, 5.41) is 3.00. The molecule has 1 rings (SSSR count). The van der Waals surface area contributed by atoms with E-state index in [0.29, 0.717) is 18.8 Å². The molecule has 0 aromatic carbocycles. The van der Waals surface area contributed by atoms with Crippen molar-refractivity contribution < 1.29 is 9.53 Å². The van der Waals surface area contributed by atoms with Gasteiger partial charge in [0.2, 0.25) is 5.91 Å². The Hall–Kier alpha value is -0.280. The monoisotopic (exact) mass is 261 g/mol. The molecule has 4 heteroatoms. The maximum atomic E-state index is 11.8. The fourth-order valence-corrected chi connectivity index (χ4v) is 2.58. The highest BCUT2D eigenvalue weighted by Gasteiger charge is 2.26. The van der Waals surface area contributed by atoms with Gasteiger partial charge in [-0.2, -0.15) is 0 Å². The van der Waals surface area contributed by atoms with Gasteiger partial charge in [-0.1, -0.05) is 13.8 Å². The van der Waals surface area contributed by atoms with E-state index in [1.807, 2.05) is 0 Å². The van der Waals surface area contributed by atoms with Crippen LogP contribution < -0.4 is 5.32 Å². The van der Waals surface area contributed by atoms with Crippen LogP contribution in [0.3, 0.4) is 0 Å². The lowest BCUT2D eigenvalue weighted by Crippen LogP contribution is -2.39. The van der Waals surface area contributed by atoms with Gasteiger partial charge >= 0.3 is 0 Å². The Balaban J connectivity index is 2.30. The van der Waals surface area contributed by atoms with Crippen molar-refractivity contribution in [3.05, 3.63) is 0 Å². The Bertz CT molecular complexity index is 227. The minimum atomic E-state index is 0.0494. The number of amides is 1. The number of carbonyl (C=O) groups is 1. The molecular weight excluding hydrogens is 238 g/mol. The van der Waals surface area contributed by atoms with Crippen LogP contribution in [0.5, 0.6) is 0 Å². The molecule has 100 valence electrons. The quantitative estimate of drug-likeness (QED) is 0.716. The molecule has 1 heterocycles. The Morgan fingerprint density at radius 3 is 2.65 bits per heavy atom. The molecule has 0 saturated carbocycles. The van der Waals surface area contributed by atoms with Crippen molar-refractivity contribution in [2.24, 2.45) is 5.41 Å². The van der Waals surface area contributed by atoms with Crippen LogP contribution >= 0.6 is 11.6 Å². The van der Waals surface area contributed by atoms with Crippen molar-refractivity contribution in [3.63, 3.8) is 0 Å². The Morgan fingerprint density at radius 2 is 2.18 bits per heavy atom. The number of nitrogens with one attached hydrogen (secondary N) is 1. The van der Waals surface area contributed by atoms with Crippen LogP contribution in [0, 0.1) is 5.41 Å². The summed E-state index contributed by atoms with van der Waals surface area (Å²) in [5.41, 5.74) is 0.0494. The molecule has 1 amide bonds. The summed E-state index contributed by atoms with van der Waals surface area (Å²) < 4.78 is 5.45. The zero-order chi connectivity index (χ0) is 12.7. The number of ether oxygens (including phenoxy) is 1. The molecule has 1 aliphatic rings. The topological polar surface area (TPSA) is 38.3 Å². The zero-order valence-electron chi connectivity index (χ0n) is 10.9. The summed E-state index contributed by atoms with van der Waals surface area (Å²) in [6, 6.07) is 0. The zero-order valence-corrected chi connectivity index (χ0v) is 11.7. The summed E-state index contributed by atoms with van der Waals surface area (Å²) in [7, 11) is 0. The van der Waals surface area contributed by atoms with Crippen LogP contribution in [0.4, 0.5) is 0 Å². The number of carbonyl (C=O) groups excluding carboxylic acids is 1. The summed E-state index contributed by atoms with van der Waals surface area (Å²) in [4.78, 5) is 11.8. The first kappa shape index (κ1) is 14.8. The average Bonchev–Trinajstić information content (AvgIpc) is 2.84. The third-order valence-electron chi connectivity index (χ3n) is 3.88. The number of halogens is 1. The number of hydrogen-bond donors (Lipinski definition) is 1. The van der Waals surface area contributed by atoms with Gasteiger partial charge in [0.05, 0.1) is 12.5 Å². The molecule has 1 atom stereocenters. The van der Waals surface area contributed by atoms with E-state index < -0.39 is 0 Å². The molecule has 0 spiro atoms. The molecule has 1 N–H and O–H groups in total. The highest BCUT2D eigenvalue weighted by atomic mass is 35.5. The second-order valence-electron chi connectivity index (χ2n) is 4.96. The van der Waals surface area contributed by atoms with Crippen LogP contribution in [0.25, 0.3) is 0 Å². The SMILES string of the molecule is CCC(CC)(CCl)CNC(=O)CC1CCCO1. The van der Waals surface area contributed by atoms with Gasteiger partial charge in [-0.05, 0) is 25.7 Å². The van der Waals surface area contributed by atoms with Crippen LogP contribution in [0.15, 0.2) is 0 Å². The molecule has 0 aromatic heterocycles. The van der Waals surface area contributed by atoms with Gasteiger partial charge in [0.1, 0.15) is 0 Å². The molecule has 0 aliphatic carbocycles. The third kappa shape index (κ3) is 4.47. The van der Waals surface area contributed by atoms with Gasteiger partial charge in [-0.3, -0.25) is 4.79 Å². The second-order valence-corrected chi connectivity index (χ2v) is 5.22. The minimum absolute atomic E-state index is 0.0494. The van der Waals surface area contributed by atoms with Crippen molar-refractivity contribution in [3.8, 4) is 0 Å². The van der Waals surface area contributed by atoms with Crippen molar-refractivity contribution in [1.29, 1.82) is 0 Å². The molecule has 1 saturated heterocycles. The van der Waals surface area contributed by atoms with Crippen molar-refractivity contribution in [2.75, 3.05) is 19.0 Å². The fraction of sp³-hybridized carbons (Fsp3) is 0.923. The van der Waals surface area contributed by atoms with Crippen LogP contribution in [-0.2, 0) is 9.53 Å². The van der Waals surface area contributed by atoms with Crippen LogP contribution in [-0.4, -0.2) is 31.0 Å². The maximum Gasteiger partial charge on any atom is 0.222 e. The lowest BCUT2D eigenvalue weighted by Gasteiger charge is -2.29. The summed E-state index contributed by atoms with van der Waals surface area (Å²) in [6.07, 6.45) is 4.69. The van der Waals surface area contributed by atoms with Gasteiger partial charge < -0.3 is 10.1 Å². The van der Waals surface area contributed by atoms with E-state index in [2.05, 4.69) is 19.2 Å². The first-order chi connectivity index (χ1) is 8.15. The molecule has 1 unspecified atom stereocenters. The predicted molar refractivity (Wildman–Crippen MR) is 70.3 cm³/mol. The van der Waals surface area contributed by atoms with E-state index in [1.54, 1.807) is 0 Å². The normalized spacial score (nSPS) is 20.5. The third-order valence-corrected chi connectivity index (χ3v) is 4.45. The largest absolute Gasteiger partial charge is 0.378 e. The van der Waals surface area contributed by atoms with Crippen LogP contribution in [0.1, 0.15) is 46.0 Å². The van der Waals surface area contributed by atoms with E-state index in [9.17, 15) is 4.79 Å².